The fourth-order valence-electron chi connectivity index (χ4n) is 3.23. The Morgan fingerprint density at radius 2 is 1.73 bits per heavy atom. The summed E-state index contributed by atoms with van der Waals surface area (Å²) in [7, 11) is -9.18. The predicted octanol–water partition coefficient (Wildman–Crippen LogP) is 3.98. The van der Waals surface area contributed by atoms with Crippen LogP contribution in [0, 0.1) is 0 Å². The number of pyridine rings is 1. The highest BCUT2D eigenvalue weighted by atomic mass is 32.2. The second-order valence-corrected chi connectivity index (χ2v) is 11.3. The molecule has 0 radical (unpaired) electrons. The minimum absolute atomic E-state index is 0.0248. The van der Waals surface area contributed by atoms with Crippen molar-refractivity contribution in [3.63, 3.8) is 0 Å². The van der Waals surface area contributed by atoms with Gasteiger partial charge in [-0.2, -0.15) is 17.5 Å². The maximum absolute atomic E-state index is 13.8. The molecule has 8 nitrogen and oxygen atoms in total. The lowest BCUT2D eigenvalue weighted by molar-refractivity contribution is -0.139. The van der Waals surface area contributed by atoms with Gasteiger partial charge in [0.25, 0.3) is 5.56 Å². The number of alkyl halides is 3. The molecule has 0 fully saturated rings. The molecule has 2 unspecified atom stereocenters. The van der Waals surface area contributed by atoms with E-state index in [1.54, 1.807) is 20.8 Å². The number of nitrogens with one attached hydrogen (secondary N) is 1. The van der Waals surface area contributed by atoms with Gasteiger partial charge in [-0.15, -0.1) is 0 Å². The van der Waals surface area contributed by atoms with Gasteiger partial charge in [0.1, 0.15) is 5.30 Å². The first-order valence-electron chi connectivity index (χ1n) is 10.5. The Balaban J connectivity index is 2.83. The molecule has 0 aliphatic carbocycles. The van der Waals surface area contributed by atoms with Gasteiger partial charge in [0.05, 0.1) is 16.6 Å². The second kappa shape index (κ2) is 10.3. The zero-order valence-corrected chi connectivity index (χ0v) is 20.5. The third kappa shape index (κ3) is 6.05. The first-order valence-corrected chi connectivity index (χ1v) is 13.5. The first kappa shape index (κ1) is 27.5. The summed E-state index contributed by atoms with van der Waals surface area (Å²) < 4.78 is 86.5. The van der Waals surface area contributed by atoms with Crippen molar-refractivity contribution in [1.29, 1.82) is 0 Å². The average molecular weight is 512 g/mol. The Hall–Kier alpha value is -1.72. The van der Waals surface area contributed by atoms with Crippen LogP contribution >= 0.6 is 7.60 Å². The number of nitrogens with zero attached hydrogens (tertiary/aromatic N) is 1. The molecule has 1 aromatic carbocycles. The summed E-state index contributed by atoms with van der Waals surface area (Å²) in [5.74, 6) is 0. The fourth-order valence-corrected chi connectivity index (χ4v) is 6.45. The lowest BCUT2D eigenvalue weighted by atomic mass is 10.1. The zero-order valence-electron chi connectivity index (χ0n) is 18.8. The molecule has 0 bridgehead atoms. The lowest BCUT2D eigenvalue weighted by Gasteiger charge is -2.24. The van der Waals surface area contributed by atoms with Crippen molar-refractivity contribution in [3.8, 4) is 0 Å². The zero-order chi connectivity index (χ0) is 25.2. The van der Waals surface area contributed by atoms with Gasteiger partial charge < -0.3 is 14.4 Å². The number of aromatic amines is 1. The van der Waals surface area contributed by atoms with Crippen LogP contribution in [-0.2, 0) is 25.3 Å². The van der Waals surface area contributed by atoms with E-state index in [4.69, 9.17) is 4.52 Å². The van der Waals surface area contributed by atoms with Crippen molar-refractivity contribution in [3.05, 3.63) is 34.1 Å². The second-order valence-electron chi connectivity index (χ2n) is 7.67. The monoisotopic (exact) mass is 512 g/mol. The molecule has 2 atom stereocenters. The van der Waals surface area contributed by atoms with Crippen molar-refractivity contribution >= 4 is 33.8 Å². The van der Waals surface area contributed by atoms with E-state index < -0.39 is 51.2 Å². The number of hydrogen-bond acceptors (Lipinski definition) is 5. The Bertz CT molecular complexity index is 1210. The minimum Gasteiger partial charge on any atom is -0.321 e. The molecule has 1 aromatic heterocycles. The summed E-state index contributed by atoms with van der Waals surface area (Å²) in [6.07, 6.45) is -4.53. The summed E-state index contributed by atoms with van der Waals surface area (Å²) in [4.78, 5) is 23.8. The molecular weight excluding hydrogens is 484 g/mol. The third-order valence-electron chi connectivity index (χ3n) is 5.00. The predicted molar refractivity (Wildman–Crippen MR) is 119 cm³/mol. The molecule has 0 saturated heterocycles. The van der Waals surface area contributed by atoms with Crippen LogP contribution in [-0.4, -0.2) is 41.8 Å². The molecule has 0 amide bonds. The summed E-state index contributed by atoms with van der Waals surface area (Å²) >= 11 is 0. The molecule has 0 aliphatic rings. The minimum atomic E-state index is -5.03. The van der Waals surface area contributed by atoms with Crippen LogP contribution in [0.3, 0.4) is 0 Å². The van der Waals surface area contributed by atoms with Gasteiger partial charge in [0, 0.05) is 24.0 Å². The Kier molecular flexibility index (Phi) is 8.56. The van der Waals surface area contributed by atoms with Gasteiger partial charge in [0.2, 0.25) is 10.0 Å². The van der Waals surface area contributed by atoms with E-state index in [2.05, 4.69) is 4.98 Å². The maximum atomic E-state index is 13.8. The van der Waals surface area contributed by atoms with Crippen molar-refractivity contribution in [2.45, 2.75) is 64.1 Å². The Morgan fingerprint density at radius 3 is 2.21 bits per heavy atom. The van der Waals surface area contributed by atoms with E-state index >= 15 is 0 Å². The van der Waals surface area contributed by atoms with Gasteiger partial charge in [-0.25, -0.2) is 8.42 Å². The number of rotatable bonds is 10. The van der Waals surface area contributed by atoms with Crippen LogP contribution in [0.5, 0.6) is 0 Å². The number of H-pyrrole nitrogens is 1. The molecule has 0 spiro atoms. The highest BCUT2D eigenvalue weighted by Gasteiger charge is 2.40. The van der Waals surface area contributed by atoms with Crippen LogP contribution in [0.4, 0.5) is 13.2 Å². The third-order valence-corrected chi connectivity index (χ3v) is 8.52. The standard InChI is InChI=1S/C20H28F3N2O6PS/c1-5-8-25(9-6-2)33(29,30)18-11-14-10-17(32(27,28)31-13(4)7-3)19(26)24-16(14)12-15(18)20(21,22)23/h10-13H,5-9H2,1-4H3,(H,24,26)(H,27,28). The molecule has 1 heterocycles. The topological polar surface area (TPSA) is 117 Å². The van der Waals surface area contributed by atoms with Crippen LogP contribution in [0.15, 0.2) is 27.9 Å². The molecule has 0 aliphatic heterocycles. The lowest BCUT2D eigenvalue weighted by Crippen LogP contribution is -2.34. The highest BCUT2D eigenvalue weighted by molar-refractivity contribution is 7.89. The van der Waals surface area contributed by atoms with Gasteiger partial charge in [-0.3, -0.25) is 9.36 Å². The Labute approximate surface area is 190 Å². The fraction of sp³-hybridized carbons (Fsp3) is 0.550. The summed E-state index contributed by atoms with van der Waals surface area (Å²) in [5, 5.41) is -0.830. The summed E-state index contributed by atoms with van der Waals surface area (Å²) in [6.45, 7) is 6.68. The molecule has 13 heteroatoms. The Morgan fingerprint density at radius 1 is 1.15 bits per heavy atom. The number of benzene rings is 1. The smallest absolute Gasteiger partial charge is 0.321 e. The first-order chi connectivity index (χ1) is 15.2. The number of halogens is 3. The molecule has 2 aromatic rings. The number of sulfonamides is 1. The number of aromatic nitrogens is 1. The van der Waals surface area contributed by atoms with E-state index in [0.29, 0.717) is 25.3 Å². The maximum Gasteiger partial charge on any atom is 0.417 e. The van der Waals surface area contributed by atoms with Crippen molar-refractivity contribution in [1.82, 2.24) is 9.29 Å². The molecule has 33 heavy (non-hydrogen) atoms. The molecule has 2 N–H and O–H groups in total. The van der Waals surface area contributed by atoms with Gasteiger partial charge in [-0.1, -0.05) is 20.8 Å². The number of fused-ring (bicyclic) bond motifs is 1. The van der Waals surface area contributed by atoms with Crippen LogP contribution in [0.25, 0.3) is 10.9 Å². The van der Waals surface area contributed by atoms with E-state index in [1.807, 2.05) is 0 Å². The SMILES string of the molecule is CCCN(CCC)S(=O)(=O)c1cc2cc(P(=O)(O)OC(C)CC)c(=O)[nH]c2cc1C(F)(F)F. The molecule has 186 valence electrons. The van der Waals surface area contributed by atoms with Crippen molar-refractivity contribution in [2.75, 3.05) is 13.1 Å². The van der Waals surface area contributed by atoms with E-state index in [1.165, 1.54) is 6.92 Å². The van der Waals surface area contributed by atoms with Crippen molar-refractivity contribution in [2.24, 2.45) is 0 Å². The van der Waals surface area contributed by atoms with E-state index in [-0.39, 0.29) is 24.0 Å². The van der Waals surface area contributed by atoms with Crippen molar-refractivity contribution < 1.29 is 35.6 Å². The summed E-state index contributed by atoms with van der Waals surface area (Å²) in [6, 6.07) is 2.20. The molecule has 0 saturated carbocycles. The normalized spacial score (nSPS) is 15.7. The van der Waals surface area contributed by atoms with Crippen LogP contribution in [0.2, 0.25) is 0 Å². The van der Waals surface area contributed by atoms with Crippen LogP contribution < -0.4 is 10.9 Å². The molecular formula is C20H28F3N2O6PS. The highest BCUT2D eigenvalue weighted by Crippen LogP contribution is 2.42. The summed E-state index contributed by atoms with van der Waals surface area (Å²) in [5.41, 5.74) is -2.85. The van der Waals surface area contributed by atoms with Gasteiger partial charge in [-0.05, 0) is 44.4 Å². The number of hydrogen-bond donors (Lipinski definition) is 2. The van der Waals surface area contributed by atoms with Crippen LogP contribution in [0.1, 0.15) is 52.5 Å². The quantitative estimate of drug-likeness (QED) is 0.465. The molecule has 2 rings (SSSR count). The van der Waals surface area contributed by atoms with E-state index in [9.17, 15) is 35.8 Å². The van der Waals surface area contributed by atoms with E-state index in [0.717, 1.165) is 16.4 Å². The largest absolute Gasteiger partial charge is 0.417 e. The van der Waals surface area contributed by atoms with Gasteiger partial charge in [0.15, 0.2) is 0 Å². The average Bonchev–Trinajstić information content (AvgIpc) is 2.70. The van der Waals surface area contributed by atoms with Gasteiger partial charge >= 0.3 is 13.8 Å².